The van der Waals surface area contributed by atoms with Gasteiger partial charge in [0, 0.05) is 6.92 Å². The fourth-order valence-electron chi connectivity index (χ4n) is 0.677. The van der Waals surface area contributed by atoms with Gasteiger partial charge in [-0.3, -0.25) is 0 Å². The van der Waals surface area contributed by atoms with Crippen molar-refractivity contribution in [2.75, 3.05) is 0 Å². The van der Waals surface area contributed by atoms with Crippen LogP contribution >= 0.6 is 0 Å². The molecule has 1 aromatic heterocycles. The number of aryl methyl sites for hydroxylation is 2. The van der Waals surface area contributed by atoms with Crippen molar-refractivity contribution in [2.45, 2.75) is 20.4 Å². The molecular weight excluding hydrogens is 102 g/mol. The van der Waals surface area contributed by atoms with Crippen LogP contribution in [0.5, 0.6) is 0 Å². The summed E-state index contributed by atoms with van der Waals surface area (Å²) in [5.74, 6) is 0. The van der Waals surface area contributed by atoms with Gasteiger partial charge in [-0.15, -0.1) is 0 Å². The van der Waals surface area contributed by atoms with Crippen LogP contribution in [0.15, 0.2) is 17.1 Å². The van der Waals surface area contributed by atoms with Crippen LogP contribution < -0.4 is 4.57 Å². The van der Waals surface area contributed by atoms with Crippen LogP contribution in [0.3, 0.4) is 0 Å². The Balaban J connectivity index is 2.92. The van der Waals surface area contributed by atoms with E-state index in [0.717, 1.165) is 6.54 Å². The number of rotatable bonds is 1. The molecule has 8 heavy (non-hydrogen) atoms. The average molecular weight is 112 g/mol. The Labute approximate surface area is 48.8 Å². The second kappa shape index (κ2) is 1.99. The third-order valence-electron chi connectivity index (χ3n) is 1.22. The van der Waals surface area contributed by atoms with E-state index in [-0.39, 0.29) is 0 Å². The van der Waals surface area contributed by atoms with Gasteiger partial charge in [-0.2, -0.15) is 4.57 Å². The molecule has 0 bridgehead atoms. The van der Waals surface area contributed by atoms with Gasteiger partial charge in [-0.1, -0.05) is 0 Å². The molecule has 0 radical (unpaired) electrons. The molecule has 2 heteroatoms. The molecule has 1 heterocycles. The first-order valence-corrected chi connectivity index (χ1v) is 2.77. The standard InChI is InChI=1S/C6H10NO/c1-3-7-5-8-4-6(7)2/h4-5H,3H2,1-2H3/q+1. The van der Waals surface area contributed by atoms with E-state index in [1.165, 1.54) is 5.69 Å². The summed E-state index contributed by atoms with van der Waals surface area (Å²) >= 11 is 0. The molecule has 2 nitrogen and oxygen atoms in total. The van der Waals surface area contributed by atoms with Gasteiger partial charge in [0.2, 0.25) is 5.69 Å². The van der Waals surface area contributed by atoms with Crippen molar-refractivity contribution in [3.63, 3.8) is 0 Å². The summed E-state index contributed by atoms with van der Waals surface area (Å²) in [4.78, 5) is 0. The summed E-state index contributed by atoms with van der Waals surface area (Å²) in [6.07, 6.45) is 3.46. The van der Waals surface area contributed by atoms with Gasteiger partial charge in [0.05, 0.1) is 0 Å². The quantitative estimate of drug-likeness (QED) is 0.493. The van der Waals surface area contributed by atoms with Gasteiger partial charge in [0.25, 0.3) is 0 Å². The molecule has 0 atom stereocenters. The predicted octanol–water partition coefficient (Wildman–Crippen LogP) is 0.895. The molecule has 0 saturated carbocycles. The second-order valence-electron chi connectivity index (χ2n) is 1.79. The average Bonchev–Trinajstić information content (AvgIpc) is 2.14. The normalized spacial score (nSPS) is 9.75. The minimum atomic E-state index is 0.988. The van der Waals surface area contributed by atoms with Crippen molar-refractivity contribution >= 4 is 0 Å². The molecular formula is C6H10NO+. The molecule has 0 aliphatic heterocycles. The van der Waals surface area contributed by atoms with Crippen LogP contribution in [-0.2, 0) is 6.54 Å². The van der Waals surface area contributed by atoms with E-state index in [4.69, 9.17) is 4.42 Å². The van der Waals surface area contributed by atoms with Gasteiger partial charge in [0.15, 0.2) is 6.26 Å². The molecule has 0 aliphatic carbocycles. The molecule has 0 saturated heterocycles. The molecule has 0 amide bonds. The third-order valence-corrected chi connectivity index (χ3v) is 1.22. The molecule has 0 aromatic carbocycles. The molecule has 0 spiro atoms. The Morgan fingerprint density at radius 2 is 2.50 bits per heavy atom. The highest BCUT2D eigenvalue weighted by atomic mass is 16.3. The van der Waals surface area contributed by atoms with Crippen LogP contribution in [0.25, 0.3) is 0 Å². The highest BCUT2D eigenvalue weighted by Gasteiger charge is 2.02. The molecule has 44 valence electrons. The molecule has 0 N–H and O–H groups in total. The fraction of sp³-hybridized carbons (Fsp3) is 0.500. The fourth-order valence-corrected chi connectivity index (χ4v) is 0.677. The van der Waals surface area contributed by atoms with E-state index >= 15 is 0 Å². The summed E-state index contributed by atoms with van der Waals surface area (Å²) < 4.78 is 6.94. The Morgan fingerprint density at radius 1 is 1.75 bits per heavy atom. The minimum Gasteiger partial charge on any atom is -0.412 e. The number of nitrogens with zero attached hydrogens (tertiary/aromatic N) is 1. The maximum Gasteiger partial charge on any atom is 0.334 e. The van der Waals surface area contributed by atoms with Crippen LogP contribution in [0.2, 0.25) is 0 Å². The largest absolute Gasteiger partial charge is 0.412 e. The number of aromatic nitrogens is 1. The van der Waals surface area contributed by atoms with Gasteiger partial charge in [-0.25, -0.2) is 0 Å². The van der Waals surface area contributed by atoms with Crippen LogP contribution in [0.4, 0.5) is 0 Å². The van der Waals surface area contributed by atoms with E-state index in [1.807, 2.05) is 11.5 Å². The van der Waals surface area contributed by atoms with Crippen LogP contribution in [-0.4, -0.2) is 0 Å². The van der Waals surface area contributed by atoms with Crippen molar-refractivity contribution in [3.05, 3.63) is 18.4 Å². The van der Waals surface area contributed by atoms with E-state index in [2.05, 4.69) is 6.92 Å². The third kappa shape index (κ3) is 0.735. The summed E-state index contributed by atoms with van der Waals surface area (Å²) in [5, 5.41) is 0. The first-order valence-electron chi connectivity index (χ1n) is 2.77. The topological polar surface area (TPSA) is 17.0 Å². The zero-order valence-electron chi connectivity index (χ0n) is 5.22. The smallest absolute Gasteiger partial charge is 0.334 e. The lowest BCUT2D eigenvalue weighted by Gasteiger charge is -1.80. The first kappa shape index (κ1) is 5.35. The van der Waals surface area contributed by atoms with Gasteiger partial charge in [0.1, 0.15) is 6.54 Å². The molecule has 1 aromatic rings. The van der Waals surface area contributed by atoms with Gasteiger partial charge in [-0.05, 0) is 6.92 Å². The highest BCUT2D eigenvalue weighted by Crippen LogP contribution is 1.86. The number of oxazole rings is 1. The Kier molecular flexibility index (Phi) is 1.33. The van der Waals surface area contributed by atoms with E-state index in [9.17, 15) is 0 Å². The Bertz CT molecular complexity index is 169. The lowest BCUT2D eigenvalue weighted by molar-refractivity contribution is -0.702. The van der Waals surface area contributed by atoms with Crippen molar-refractivity contribution in [1.29, 1.82) is 0 Å². The second-order valence-corrected chi connectivity index (χ2v) is 1.79. The lowest BCUT2D eigenvalue weighted by atomic mass is 10.5. The summed E-state index contributed by atoms with van der Waals surface area (Å²) in [5.41, 5.74) is 1.17. The van der Waals surface area contributed by atoms with Gasteiger partial charge < -0.3 is 4.42 Å². The zero-order valence-corrected chi connectivity index (χ0v) is 5.22. The number of hydrogen-bond acceptors (Lipinski definition) is 1. The van der Waals surface area contributed by atoms with Crippen molar-refractivity contribution in [3.8, 4) is 0 Å². The predicted molar refractivity (Wildman–Crippen MR) is 29.3 cm³/mol. The minimum absolute atomic E-state index is 0.988. The maximum absolute atomic E-state index is 4.90. The molecule has 0 fully saturated rings. The van der Waals surface area contributed by atoms with Gasteiger partial charge >= 0.3 is 6.39 Å². The maximum atomic E-state index is 4.90. The highest BCUT2D eigenvalue weighted by molar-refractivity contribution is 4.74. The Morgan fingerprint density at radius 3 is 2.75 bits per heavy atom. The van der Waals surface area contributed by atoms with Crippen molar-refractivity contribution < 1.29 is 8.98 Å². The summed E-state index contributed by atoms with van der Waals surface area (Å²) in [6.45, 7) is 5.10. The first-order chi connectivity index (χ1) is 3.84. The van der Waals surface area contributed by atoms with Crippen molar-refractivity contribution in [2.24, 2.45) is 0 Å². The monoisotopic (exact) mass is 112 g/mol. The molecule has 0 aliphatic rings. The van der Waals surface area contributed by atoms with Crippen molar-refractivity contribution in [1.82, 2.24) is 0 Å². The lowest BCUT2D eigenvalue weighted by Crippen LogP contribution is -2.31. The van der Waals surface area contributed by atoms with Crippen LogP contribution in [0, 0.1) is 6.92 Å². The van der Waals surface area contributed by atoms with E-state index in [0.29, 0.717) is 0 Å². The molecule has 0 unspecified atom stereocenters. The van der Waals surface area contributed by atoms with E-state index < -0.39 is 0 Å². The SMILES string of the molecule is CC[n+]1cocc1C. The van der Waals surface area contributed by atoms with Crippen LogP contribution in [0.1, 0.15) is 12.6 Å². The summed E-state index contributed by atoms with van der Waals surface area (Å²) in [7, 11) is 0. The summed E-state index contributed by atoms with van der Waals surface area (Å²) in [6, 6.07) is 0. The van der Waals surface area contributed by atoms with E-state index in [1.54, 1.807) is 12.7 Å². The zero-order chi connectivity index (χ0) is 5.98. The molecule has 1 rings (SSSR count). The number of hydrogen-bond donors (Lipinski definition) is 0. The Hall–Kier alpha value is -0.790.